The van der Waals surface area contributed by atoms with E-state index in [-0.39, 0.29) is 11.9 Å². The molecule has 0 N–H and O–H groups in total. The maximum atomic E-state index is 11.7. The fourth-order valence-corrected chi connectivity index (χ4v) is 3.02. The van der Waals surface area contributed by atoms with Gasteiger partial charge >= 0.3 is 0 Å². The third kappa shape index (κ3) is 2.77. The van der Waals surface area contributed by atoms with E-state index in [9.17, 15) is 4.79 Å². The number of carbonyl (C=O) groups excluding carboxylic acids is 1. The molecule has 1 unspecified atom stereocenters. The summed E-state index contributed by atoms with van der Waals surface area (Å²) in [4.78, 5) is 12.4. The smallest absolute Gasteiger partial charge is 0.200 e. The molecule has 15 heavy (non-hydrogen) atoms. The summed E-state index contributed by atoms with van der Waals surface area (Å²) in [6, 6.07) is 3.67. The molecule has 1 aromatic rings. The van der Waals surface area contributed by atoms with Crippen LogP contribution in [0, 0.1) is 0 Å². The molecule has 1 fully saturated rings. The Labute approximate surface area is 101 Å². The van der Waals surface area contributed by atoms with Gasteiger partial charge in [-0.25, -0.2) is 0 Å². The highest BCUT2D eigenvalue weighted by Crippen LogP contribution is 2.30. The molecule has 5 heteroatoms. The lowest BCUT2D eigenvalue weighted by molar-refractivity contribution is 0.104. The summed E-state index contributed by atoms with van der Waals surface area (Å²) in [5.74, 6) is 1.30. The van der Waals surface area contributed by atoms with Gasteiger partial charge < -0.3 is 4.74 Å². The number of thioether (sulfide) groups is 1. The minimum Gasteiger partial charge on any atom is -0.482 e. The second kappa shape index (κ2) is 5.05. The van der Waals surface area contributed by atoms with Crippen molar-refractivity contribution >= 4 is 40.5 Å². The summed E-state index contributed by atoms with van der Waals surface area (Å²) in [6.45, 7) is 0. The first-order valence-electron chi connectivity index (χ1n) is 4.44. The maximum absolute atomic E-state index is 11.7. The molecule has 0 saturated carbocycles. The zero-order valence-corrected chi connectivity index (χ0v) is 10.2. The zero-order valence-electron chi connectivity index (χ0n) is 7.81. The van der Waals surface area contributed by atoms with Gasteiger partial charge in [0.2, 0.25) is 0 Å². The van der Waals surface area contributed by atoms with Crippen LogP contribution in [0.4, 0.5) is 0 Å². The summed E-state index contributed by atoms with van der Waals surface area (Å²) < 4.78 is 5.46. The summed E-state index contributed by atoms with van der Waals surface area (Å²) in [7, 11) is 0. The molecule has 80 valence electrons. The highest BCUT2D eigenvalue weighted by Gasteiger charge is 2.21. The maximum Gasteiger partial charge on any atom is 0.200 e. The predicted molar refractivity (Wildman–Crippen MR) is 64.8 cm³/mol. The van der Waals surface area contributed by atoms with Gasteiger partial charge in [0.05, 0.1) is 10.8 Å². The van der Waals surface area contributed by atoms with Crippen LogP contribution in [0.1, 0.15) is 9.67 Å². The van der Waals surface area contributed by atoms with Crippen LogP contribution in [0.3, 0.4) is 0 Å². The number of hydrogen-bond acceptors (Lipinski definition) is 4. The van der Waals surface area contributed by atoms with Gasteiger partial charge in [0.25, 0.3) is 0 Å². The molecule has 1 aliphatic rings. The Balaban J connectivity index is 2.02. The van der Waals surface area contributed by atoms with Crippen LogP contribution in [0.15, 0.2) is 28.7 Å². The van der Waals surface area contributed by atoms with Gasteiger partial charge in [-0.1, -0.05) is 17.8 Å². The Bertz CT molecular complexity index is 373. The monoisotopic (exact) mass is 260 g/mol. The number of alkyl halides is 1. The summed E-state index contributed by atoms with van der Waals surface area (Å²) >= 11 is 8.64. The van der Waals surface area contributed by atoms with Crippen LogP contribution in [-0.2, 0) is 4.74 Å². The average molecular weight is 261 g/mol. The number of ketones is 1. The van der Waals surface area contributed by atoms with Crippen molar-refractivity contribution in [2.24, 2.45) is 0 Å². The van der Waals surface area contributed by atoms with E-state index >= 15 is 0 Å². The Hall–Kier alpha value is -0.450. The van der Waals surface area contributed by atoms with E-state index in [0.29, 0.717) is 11.0 Å². The topological polar surface area (TPSA) is 26.3 Å². The molecule has 0 bridgehead atoms. The van der Waals surface area contributed by atoms with Crippen LogP contribution < -0.4 is 0 Å². The zero-order chi connectivity index (χ0) is 10.7. The SMILES string of the molecule is O=C(/C=C1/OC(CCl)CS1)c1cccs1. The third-order valence-corrected chi connectivity index (χ3v) is 4.15. The number of carbonyl (C=O) groups is 1. The molecule has 0 amide bonds. The first-order valence-corrected chi connectivity index (χ1v) is 6.84. The molecule has 0 radical (unpaired) electrons. The van der Waals surface area contributed by atoms with Gasteiger partial charge in [0.1, 0.15) is 6.10 Å². The second-order valence-electron chi connectivity index (χ2n) is 3.01. The second-order valence-corrected chi connectivity index (χ2v) is 5.29. The minimum atomic E-state index is 0.00252. The molecule has 2 rings (SSSR count). The quantitative estimate of drug-likeness (QED) is 0.475. The lowest BCUT2D eigenvalue weighted by Gasteiger charge is -2.03. The van der Waals surface area contributed by atoms with Gasteiger partial charge in [-0.2, -0.15) is 0 Å². The van der Waals surface area contributed by atoms with E-state index in [2.05, 4.69) is 0 Å². The van der Waals surface area contributed by atoms with Crippen molar-refractivity contribution in [3.63, 3.8) is 0 Å². The lowest BCUT2D eigenvalue weighted by atomic mass is 10.3. The normalized spacial score (nSPS) is 23.0. The number of rotatable bonds is 3. The predicted octanol–water partition coefficient (Wildman–Crippen LogP) is 3.14. The number of hydrogen-bond donors (Lipinski definition) is 0. The number of halogens is 1. The van der Waals surface area contributed by atoms with Gasteiger partial charge in [0.15, 0.2) is 10.9 Å². The van der Waals surface area contributed by atoms with Crippen molar-refractivity contribution in [3.05, 3.63) is 33.6 Å². The van der Waals surface area contributed by atoms with Crippen molar-refractivity contribution < 1.29 is 9.53 Å². The molecule has 0 aliphatic carbocycles. The van der Waals surface area contributed by atoms with Crippen LogP contribution >= 0.6 is 34.7 Å². The number of allylic oxidation sites excluding steroid dienone is 1. The molecular formula is C10H9ClO2S2. The van der Waals surface area contributed by atoms with Gasteiger partial charge in [-0.15, -0.1) is 22.9 Å². The largest absolute Gasteiger partial charge is 0.482 e. The van der Waals surface area contributed by atoms with Crippen LogP contribution in [0.5, 0.6) is 0 Å². The Morgan fingerprint density at radius 3 is 3.20 bits per heavy atom. The summed E-state index contributed by atoms with van der Waals surface area (Å²) in [5.41, 5.74) is 0. The van der Waals surface area contributed by atoms with Crippen molar-refractivity contribution in [1.82, 2.24) is 0 Å². The first-order chi connectivity index (χ1) is 7.29. The highest BCUT2D eigenvalue weighted by atomic mass is 35.5. The Morgan fingerprint density at radius 1 is 1.73 bits per heavy atom. The van der Waals surface area contributed by atoms with E-state index in [1.54, 1.807) is 6.08 Å². The third-order valence-electron chi connectivity index (χ3n) is 1.88. The molecule has 1 saturated heterocycles. The molecule has 1 aliphatic heterocycles. The van der Waals surface area contributed by atoms with E-state index in [1.165, 1.54) is 23.1 Å². The Morgan fingerprint density at radius 2 is 2.60 bits per heavy atom. The number of ether oxygens (including phenoxy) is 1. The van der Waals surface area contributed by atoms with Crippen molar-refractivity contribution in [2.45, 2.75) is 6.10 Å². The first kappa shape index (κ1) is 11.0. The van der Waals surface area contributed by atoms with Crippen molar-refractivity contribution in [1.29, 1.82) is 0 Å². The minimum absolute atomic E-state index is 0.00252. The summed E-state index contributed by atoms with van der Waals surface area (Å²) in [6.07, 6.45) is 1.59. The average Bonchev–Trinajstić information content (AvgIpc) is 2.87. The lowest BCUT2D eigenvalue weighted by Crippen LogP contribution is -2.09. The van der Waals surface area contributed by atoms with Crippen molar-refractivity contribution in [2.75, 3.05) is 11.6 Å². The molecule has 0 aromatic carbocycles. The fraction of sp³-hybridized carbons (Fsp3) is 0.300. The highest BCUT2D eigenvalue weighted by molar-refractivity contribution is 8.03. The van der Waals surface area contributed by atoms with Crippen LogP contribution in [0.25, 0.3) is 0 Å². The number of thiophene rings is 1. The van der Waals surface area contributed by atoms with Gasteiger partial charge in [-0.05, 0) is 11.4 Å². The molecule has 0 spiro atoms. The molecule has 1 atom stereocenters. The van der Waals surface area contributed by atoms with Gasteiger partial charge in [0, 0.05) is 11.8 Å². The van der Waals surface area contributed by atoms with E-state index in [4.69, 9.17) is 16.3 Å². The Kier molecular flexibility index (Phi) is 3.72. The molecule has 2 nitrogen and oxygen atoms in total. The van der Waals surface area contributed by atoms with Crippen LogP contribution in [-0.4, -0.2) is 23.5 Å². The van der Waals surface area contributed by atoms with E-state index in [0.717, 1.165) is 10.6 Å². The standard InChI is InChI=1S/C10H9ClO2S2/c11-5-7-6-15-10(13-7)4-8(12)9-2-1-3-14-9/h1-4,7H,5-6H2/b10-4-. The summed E-state index contributed by atoms with van der Waals surface area (Å²) in [5, 5.41) is 2.56. The molecular weight excluding hydrogens is 252 g/mol. The fourth-order valence-electron chi connectivity index (χ4n) is 1.16. The van der Waals surface area contributed by atoms with Crippen molar-refractivity contribution in [3.8, 4) is 0 Å². The molecule has 1 aromatic heterocycles. The van der Waals surface area contributed by atoms with E-state index < -0.39 is 0 Å². The van der Waals surface area contributed by atoms with Gasteiger partial charge in [-0.3, -0.25) is 4.79 Å². The molecule has 2 heterocycles. The van der Waals surface area contributed by atoms with E-state index in [1.807, 2.05) is 17.5 Å². The van der Waals surface area contributed by atoms with Crippen LogP contribution in [0.2, 0.25) is 0 Å².